The molecule has 17 heavy (non-hydrogen) atoms. The van der Waals surface area contributed by atoms with Crippen LogP contribution in [-0.4, -0.2) is 11.1 Å². The van der Waals surface area contributed by atoms with Gasteiger partial charge in [0.05, 0.1) is 21.4 Å². The van der Waals surface area contributed by atoms with Crippen LogP contribution in [0.2, 0.25) is 10.0 Å². The number of carbonyl (C=O) groups is 1. The Kier molecular flexibility index (Phi) is 3.36. The molecule has 2 aromatic rings. The summed E-state index contributed by atoms with van der Waals surface area (Å²) in [6.45, 7) is 1.67. The third-order valence-electron chi connectivity index (χ3n) is 2.20. The molecule has 1 N–H and O–H groups in total. The monoisotopic (exact) mass is 270 g/mol. The first-order valence-electron chi connectivity index (χ1n) is 4.76. The molecule has 1 heterocycles. The largest absolute Gasteiger partial charge is 0.364 e. The third-order valence-corrected chi connectivity index (χ3v) is 2.83. The summed E-state index contributed by atoms with van der Waals surface area (Å²) in [6, 6.07) is 4.98. The number of rotatable bonds is 2. The fourth-order valence-corrected chi connectivity index (χ4v) is 1.80. The Morgan fingerprint density at radius 3 is 2.53 bits per heavy atom. The van der Waals surface area contributed by atoms with Gasteiger partial charge in [-0.2, -0.15) is 0 Å². The van der Waals surface area contributed by atoms with Crippen LogP contribution in [0.5, 0.6) is 0 Å². The highest BCUT2D eigenvalue weighted by Gasteiger charge is 2.15. The quantitative estimate of drug-likeness (QED) is 0.908. The van der Waals surface area contributed by atoms with Gasteiger partial charge in [0.25, 0.3) is 5.91 Å². The summed E-state index contributed by atoms with van der Waals surface area (Å²) in [5.74, 6) is -0.362. The molecule has 0 spiro atoms. The van der Waals surface area contributed by atoms with Crippen LogP contribution >= 0.6 is 23.2 Å². The minimum atomic E-state index is -0.362. The molecule has 0 aliphatic carbocycles. The van der Waals surface area contributed by atoms with Crippen LogP contribution in [0.15, 0.2) is 29.0 Å². The number of hydrogen-bond acceptors (Lipinski definition) is 3. The fourth-order valence-electron chi connectivity index (χ4n) is 1.31. The van der Waals surface area contributed by atoms with Crippen LogP contribution < -0.4 is 5.32 Å². The lowest BCUT2D eigenvalue weighted by molar-refractivity contribution is 0.102. The Hall–Kier alpha value is -1.52. The average Bonchev–Trinajstić information content (AvgIpc) is 2.70. The van der Waals surface area contributed by atoms with Gasteiger partial charge >= 0.3 is 0 Å². The maximum Gasteiger partial charge on any atom is 0.260 e. The average molecular weight is 271 g/mol. The Balaban J connectivity index is 2.28. The molecule has 0 fully saturated rings. The van der Waals surface area contributed by atoms with Crippen LogP contribution in [-0.2, 0) is 0 Å². The third kappa shape index (κ3) is 2.43. The van der Waals surface area contributed by atoms with Crippen molar-refractivity contribution in [2.24, 2.45) is 0 Å². The van der Waals surface area contributed by atoms with Gasteiger partial charge < -0.3 is 9.84 Å². The van der Waals surface area contributed by atoms with Crippen LogP contribution in [0, 0.1) is 6.92 Å². The molecule has 0 radical (unpaired) electrons. The van der Waals surface area contributed by atoms with E-state index >= 15 is 0 Å². The Labute approximate surface area is 108 Å². The van der Waals surface area contributed by atoms with Crippen LogP contribution in [0.4, 0.5) is 5.69 Å². The number of carbonyl (C=O) groups excluding carboxylic acids is 1. The predicted molar refractivity (Wildman–Crippen MR) is 65.7 cm³/mol. The minimum absolute atomic E-state index is 0.348. The van der Waals surface area contributed by atoms with Gasteiger partial charge in [0.1, 0.15) is 11.8 Å². The lowest BCUT2D eigenvalue weighted by Gasteiger charge is -2.07. The molecule has 0 bridgehead atoms. The Morgan fingerprint density at radius 1 is 1.35 bits per heavy atom. The fraction of sp³-hybridized carbons (Fsp3) is 0.0909. The lowest BCUT2D eigenvalue weighted by atomic mass is 10.2. The maximum atomic E-state index is 11.9. The molecule has 0 aliphatic rings. The molecule has 0 saturated heterocycles. The van der Waals surface area contributed by atoms with Gasteiger partial charge in [-0.15, -0.1) is 0 Å². The van der Waals surface area contributed by atoms with Gasteiger partial charge in [0.15, 0.2) is 0 Å². The Morgan fingerprint density at radius 2 is 2.00 bits per heavy atom. The summed E-state index contributed by atoms with van der Waals surface area (Å²) in [5.41, 5.74) is 1.23. The van der Waals surface area contributed by atoms with E-state index in [0.717, 1.165) is 0 Å². The van der Waals surface area contributed by atoms with Crippen LogP contribution in [0.1, 0.15) is 16.1 Å². The first kappa shape index (κ1) is 12.0. The summed E-state index contributed by atoms with van der Waals surface area (Å²) in [5, 5.41) is 6.99. The summed E-state index contributed by atoms with van der Waals surface area (Å²) < 4.78 is 4.69. The van der Waals surface area contributed by atoms with E-state index in [1.807, 2.05) is 0 Å². The number of amides is 1. The van der Waals surface area contributed by atoms with Gasteiger partial charge in [0.2, 0.25) is 0 Å². The van der Waals surface area contributed by atoms with Crippen molar-refractivity contribution in [1.29, 1.82) is 0 Å². The summed E-state index contributed by atoms with van der Waals surface area (Å²) in [4.78, 5) is 11.9. The van der Waals surface area contributed by atoms with E-state index in [1.54, 1.807) is 25.1 Å². The summed E-state index contributed by atoms with van der Waals surface area (Å²) in [7, 11) is 0. The Bertz CT molecular complexity index is 546. The molecule has 1 aromatic heterocycles. The molecule has 1 amide bonds. The van der Waals surface area contributed by atoms with Gasteiger partial charge in [-0.3, -0.25) is 4.79 Å². The normalized spacial score (nSPS) is 10.3. The number of aryl methyl sites for hydroxylation is 1. The smallest absolute Gasteiger partial charge is 0.260 e. The molecule has 0 atom stereocenters. The number of nitrogens with zero attached hydrogens (tertiary/aromatic N) is 1. The second-order valence-corrected chi connectivity index (χ2v) is 4.18. The van der Waals surface area contributed by atoms with E-state index in [1.165, 1.54) is 6.26 Å². The molecule has 88 valence electrons. The minimum Gasteiger partial charge on any atom is -0.364 e. The molecule has 0 saturated carbocycles. The van der Waals surface area contributed by atoms with E-state index in [0.29, 0.717) is 27.0 Å². The van der Waals surface area contributed by atoms with Crippen molar-refractivity contribution in [2.75, 3.05) is 5.32 Å². The maximum absolute atomic E-state index is 11.9. The van der Waals surface area contributed by atoms with Crippen molar-refractivity contribution in [2.45, 2.75) is 6.92 Å². The summed E-state index contributed by atoms with van der Waals surface area (Å²) in [6.07, 6.45) is 1.27. The zero-order chi connectivity index (χ0) is 12.4. The first-order chi connectivity index (χ1) is 8.09. The molecule has 2 rings (SSSR count). The van der Waals surface area contributed by atoms with Crippen molar-refractivity contribution < 1.29 is 9.32 Å². The second kappa shape index (κ2) is 4.77. The van der Waals surface area contributed by atoms with Gasteiger partial charge in [-0.25, -0.2) is 0 Å². The topological polar surface area (TPSA) is 55.1 Å². The van der Waals surface area contributed by atoms with Crippen molar-refractivity contribution in [3.63, 3.8) is 0 Å². The zero-order valence-corrected chi connectivity index (χ0v) is 10.3. The van der Waals surface area contributed by atoms with E-state index < -0.39 is 0 Å². The number of hydrogen-bond donors (Lipinski definition) is 1. The van der Waals surface area contributed by atoms with Crippen LogP contribution in [0.25, 0.3) is 0 Å². The number of aromatic nitrogens is 1. The van der Waals surface area contributed by atoms with Gasteiger partial charge in [0, 0.05) is 0 Å². The van der Waals surface area contributed by atoms with Gasteiger partial charge in [-0.1, -0.05) is 34.4 Å². The molecule has 4 nitrogen and oxygen atoms in total. The standard InChI is InChI=1S/C11H8Cl2N2O2/c1-6-7(5-17-15-6)11(16)14-10-8(12)3-2-4-9(10)13/h2-5H,1H3,(H,14,16). The van der Waals surface area contributed by atoms with Gasteiger partial charge in [-0.05, 0) is 19.1 Å². The number of para-hydroxylation sites is 1. The van der Waals surface area contributed by atoms with Crippen molar-refractivity contribution in [1.82, 2.24) is 5.16 Å². The highest BCUT2D eigenvalue weighted by atomic mass is 35.5. The number of halogens is 2. The molecular weight excluding hydrogens is 263 g/mol. The van der Waals surface area contributed by atoms with E-state index in [2.05, 4.69) is 15.0 Å². The zero-order valence-electron chi connectivity index (χ0n) is 8.83. The van der Waals surface area contributed by atoms with Crippen molar-refractivity contribution >= 4 is 34.8 Å². The first-order valence-corrected chi connectivity index (χ1v) is 5.51. The number of benzene rings is 1. The number of anilines is 1. The molecular formula is C11H8Cl2N2O2. The molecule has 0 unspecified atom stereocenters. The van der Waals surface area contributed by atoms with E-state index in [4.69, 9.17) is 23.2 Å². The highest BCUT2D eigenvalue weighted by molar-refractivity contribution is 6.40. The summed E-state index contributed by atoms with van der Waals surface area (Å²) >= 11 is 11.9. The van der Waals surface area contributed by atoms with E-state index in [9.17, 15) is 4.79 Å². The van der Waals surface area contributed by atoms with Crippen molar-refractivity contribution in [3.05, 3.63) is 45.8 Å². The predicted octanol–water partition coefficient (Wildman–Crippen LogP) is 3.54. The molecule has 6 heteroatoms. The molecule has 1 aromatic carbocycles. The lowest BCUT2D eigenvalue weighted by Crippen LogP contribution is -2.13. The number of nitrogens with one attached hydrogen (secondary N) is 1. The second-order valence-electron chi connectivity index (χ2n) is 3.36. The molecule has 0 aliphatic heterocycles. The SMILES string of the molecule is Cc1nocc1C(=O)Nc1c(Cl)cccc1Cl. The van der Waals surface area contributed by atoms with Crippen molar-refractivity contribution in [3.8, 4) is 0 Å². The van der Waals surface area contributed by atoms with Crippen LogP contribution in [0.3, 0.4) is 0 Å². The highest BCUT2D eigenvalue weighted by Crippen LogP contribution is 2.30. The van der Waals surface area contributed by atoms with E-state index in [-0.39, 0.29) is 5.91 Å².